The van der Waals surface area contributed by atoms with Gasteiger partial charge >= 0.3 is 0 Å². The summed E-state index contributed by atoms with van der Waals surface area (Å²) in [5.74, 6) is 0.257. The van der Waals surface area contributed by atoms with E-state index in [0.717, 1.165) is 13.0 Å². The van der Waals surface area contributed by atoms with E-state index in [-0.39, 0.29) is 10.6 Å². The predicted molar refractivity (Wildman–Crippen MR) is 76.4 cm³/mol. The number of rotatable bonds is 7. The number of halogens is 1. The zero-order valence-electron chi connectivity index (χ0n) is 11.3. The van der Waals surface area contributed by atoms with E-state index >= 15 is 0 Å². The third-order valence-corrected chi connectivity index (χ3v) is 4.85. The Hall–Kier alpha value is -0.820. The van der Waals surface area contributed by atoms with Crippen LogP contribution in [-0.4, -0.2) is 47.0 Å². The summed E-state index contributed by atoms with van der Waals surface area (Å²) in [6, 6.07) is 4.50. The van der Waals surface area contributed by atoms with Gasteiger partial charge in [-0.25, -0.2) is 12.7 Å². The lowest BCUT2D eigenvalue weighted by atomic mass is 10.3. The van der Waals surface area contributed by atoms with Gasteiger partial charge in [-0.2, -0.15) is 0 Å². The van der Waals surface area contributed by atoms with E-state index in [1.165, 1.54) is 23.5 Å². The third-order valence-electron chi connectivity index (χ3n) is 2.71. The maximum absolute atomic E-state index is 12.4. The van der Waals surface area contributed by atoms with E-state index in [0.29, 0.717) is 11.6 Å². The molecule has 0 unspecified atom stereocenters. The van der Waals surface area contributed by atoms with Crippen molar-refractivity contribution in [1.82, 2.24) is 9.62 Å². The Labute approximate surface area is 119 Å². The molecule has 1 rings (SSSR count). The minimum atomic E-state index is -3.56. The summed E-state index contributed by atoms with van der Waals surface area (Å²) in [4.78, 5) is 0.131. The lowest BCUT2D eigenvalue weighted by Crippen LogP contribution is -2.29. The van der Waals surface area contributed by atoms with Crippen molar-refractivity contribution in [2.45, 2.75) is 11.3 Å². The molecule has 1 N–H and O–H groups in total. The van der Waals surface area contributed by atoms with Crippen LogP contribution in [0.4, 0.5) is 0 Å². The Kier molecular flexibility index (Phi) is 6.06. The van der Waals surface area contributed by atoms with Gasteiger partial charge in [0.05, 0.1) is 7.11 Å². The monoisotopic (exact) mass is 306 g/mol. The van der Waals surface area contributed by atoms with Gasteiger partial charge in [-0.1, -0.05) is 11.6 Å². The van der Waals surface area contributed by atoms with Crippen LogP contribution in [0.3, 0.4) is 0 Å². The van der Waals surface area contributed by atoms with Crippen LogP contribution in [0.1, 0.15) is 6.42 Å². The van der Waals surface area contributed by atoms with Crippen molar-refractivity contribution in [2.24, 2.45) is 0 Å². The Morgan fingerprint density at radius 3 is 2.68 bits per heavy atom. The fourth-order valence-electron chi connectivity index (χ4n) is 1.62. The number of hydrogen-bond acceptors (Lipinski definition) is 4. The van der Waals surface area contributed by atoms with Crippen molar-refractivity contribution < 1.29 is 13.2 Å². The predicted octanol–water partition coefficient (Wildman–Crippen LogP) is 1.58. The van der Waals surface area contributed by atoms with Crippen LogP contribution in [0.25, 0.3) is 0 Å². The van der Waals surface area contributed by atoms with Gasteiger partial charge in [0.1, 0.15) is 10.6 Å². The molecule has 0 radical (unpaired) electrons. The summed E-state index contributed by atoms with van der Waals surface area (Å²) >= 11 is 5.83. The molecule has 108 valence electrons. The highest BCUT2D eigenvalue weighted by atomic mass is 35.5. The molecule has 5 nitrogen and oxygen atoms in total. The largest absolute Gasteiger partial charge is 0.495 e. The van der Waals surface area contributed by atoms with Crippen molar-refractivity contribution in [3.8, 4) is 5.75 Å². The fourth-order valence-corrected chi connectivity index (χ4v) is 3.12. The highest BCUT2D eigenvalue weighted by Crippen LogP contribution is 2.29. The van der Waals surface area contributed by atoms with Gasteiger partial charge in [0.15, 0.2) is 0 Å². The summed E-state index contributed by atoms with van der Waals surface area (Å²) < 4.78 is 31.2. The van der Waals surface area contributed by atoms with Crippen molar-refractivity contribution in [3.05, 3.63) is 23.2 Å². The Balaban J connectivity index is 2.99. The summed E-state index contributed by atoms with van der Waals surface area (Å²) in [6.07, 6.45) is 0.738. The molecule has 0 aliphatic heterocycles. The highest BCUT2D eigenvalue weighted by Gasteiger charge is 2.24. The lowest BCUT2D eigenvalue weighted by molar-refractivity contribution is 0.397. The SMILES string of the molecule is CNCCCN(C)S(=O)(=O)c1ccc(Cl)cc1OC. The van der Waals surface area contributed by atoms with Gasteiger partial charge in [-0.15, -0.1) is 0 Å². The van der Waals surface area contributed by atoms with Crippen molar-refractivity contribution in [1.29, 1.82) is 0 Å². The normalized spacial score (nSPS) is 11.8. The number of benzene rings is 1. The third kappa shape index (κ3) is 4.07. The number of sulfonamides is 1. The molecular weight excluding hydrogens is 288 g/mol. The van der Waals surface area contributed by atoms with Gasteiger partial charge < -0.3 is 10.1 Å². The highest BCUT2D eigenvalue weighted by molar-refractivity contribution is 7.89. The maximum atomic E-state index is 12.4. The van der Waals surface area contributed by atoms with Crippen LogP contribution >= 0.6 is 11.6 Å². The Morgan fingerprint density at radius 1 is 1.42 bits per heavy atom. The Bertz CT molecular complexity index is 520. The smallest absolute Gasteiger partial charge is 0.246 e. The molecule has 0 fully saturated rings. The van der Waals surface area contributed by atoms with Crippen molar-refractivity contribution >= 4 is 21.6 Å². The molecule has 0 aliphatic carbocycles. The molecule has 0 saturated carbocycles. The molecule has 19 heavy (non-hydrogen) atoms. The van der Waals surface area contributed by atoms with Crippen LogP contribution in [0.15, 0.2) is 23.1 Å². The van der Waals surface area contributed by atoms with E-state index in [2.05, 4.69) is 5.32 Å². The number of ether oxygens (including phenoxy) is 1. The van der Waals surface area contributed by atoms with E-state index in [9.17, 15) is 8.42 Å². The molecule has 0 heterocycles. The second kappa shape index (κ2) is 7.09. The summed E-state index contributed by atoms with van der Waals surface area (Å²) in [7, 11) is 1.25. The number of hydrogen-bond donors (Lipinski definition) is 1. The number of nitrogens with one attached hydrogen (secondary N) is 1. The molecule has 0 saturated heterocycles. The molecule has 1 aromatic carbocycles. The van der Waals surface area contributed by atoms with Crippen LogP contribution < -0.4 is 10.1 Å². The molecule has 7 heteroatoms. The molecule has 0 aliphatic rings. The van der Waals surface area contributed by atoms with E-state index in [1.807, 2.05) is 7.05 Å². The van der Waals surface area contributed by atoms with Gasteiger partial charge in [0, 0.05) is 24.7 Å². The first-order valence-corrected chi connectivity index (χ1v) is 7.69. The van der Waals surface area contributed by atoms with Gasteiger partial charge in [0.25, 0.3) is 0 Å². The second-order valence-corrected chi connectivity index (χ2v) is 6.53. The van der Waals surface area contributed by atoms with Crippen molar-refractivity contribution in [3.63, 3.8) is 0 Å². The second-order valence-electron chi connectivity index (χ2n) is 4.08. The first-order chi connectivity index (χ1) is 8.93. The first-order valence-electron chi connectivity index (χ1n) is 5.88. The van der Waals surface area contributed by atoms with Gasteiger partial charge in [0.2, 0.25) is 10.0 Å². The van der Waals surface area contributed by atoms with E-state index < -0.39 is 10.0 Å². The average molecular weight is 307 g/mol. The topological polar surface area (TPSA) is 58.6 Å². The molecule has 0 amide bonds. The first kappa shape index (κ1) is 16.2. The molecule has 0 atom stereocenters. The summed E-state index contributed by atoms with van der Waals surface area (Å²) in [5, 5.41) is 3.42. The minimum Gasteiger partial charge on any atom is -0.495 e. The quantitative estimate of drug-likeness (QED) is 0.777. The molecule has 0 aromatic heterocycles. The number of methoxy groups -OCH3 is 1. The Morgan fingerprint density at radius 2 is 2.11 bits per heavy atom. The summed E-state index contributed by atoms with van der Waals surface area (Å²) in [5.41, 5.74) is 0. The van der Waals surface area contributed by atoms with E-state index in [4.69, 9.17) is 16.3 Å². The van der Waals surface area contributed by atoms with Gasteiger partial charge in [-0.05, 0) is 32.1 Å². The van der Waals surface area contributed by atoms with Crippen LogP contribution in [-0.2, 0) is 10.0 Å². The molecular formula is C12H19ClN2O3S. The van der Waals surface area contributed by atoms with Crippen LogP contribution in [0.5, 0.6) is 5.75 Å². The minimum absolute atomic E-state index is 0.131. The number of nitrogens with zero attached hydrogens (tertiary/aromatic N) is 1. The standard InChI is InChI=1S/C12H19ClN2O3S/c1-14-7-4-8-15(2)19(16,17)12-6-5-10(13)9-11(12)18-3/h5-6,9,14H,4,7-8H2,1-3H3. The van der Waals surface area contributed by atoms with Crippen molar-refractivity contribution in [2.75, 3.05) is 34.3 Å². The maximum Gasteiger partial charge on any atom is 0.246 e. The lowest BCUT2D eigenvalue weighted by Gasteiger charge is -2.18. The molecule has 0 spiro atoms. The average Bonchev–Trinajstić information content (AvgIpc) is 2.38. The van der Waals surface area contributed by atoms with Crippen LogP contribution in [0.2, 0.25) is 5.02 Å². The molecule has 1 aromatic rings. The van der Waals surface area contributed by atoms with Gasteiger partial charge in [-0.3, -0.25) is 0 Å². The fraction of sp³-hybridized carbons (Fsp3) is 0.500. The summed E-state index contributed by atoms with van der Waals surface area (Å²) in [6.45, 7) is 1.20. The van der Waals surface area contributed by atoms with E-state index in [1.54, 1.807) is 13.1 Å². The molecule has 0 bridgehead atoms. The zero-order valence-corrected chi connectivity index (χ0v) is 12.9. The van der Waals surface area contributed by atoms with Crippen LogP contribution in [0, 0.1) is 0 Å². The zero-order chi connectivity index (χ0) is 14.5.